The van der Waals surface area contributed by atoms with Gasteiger partial charge in [-0.2, -0.15) is 0 Å². The van der Waals surface area contributed by atoms with Crippen molar-refractivity contribution in [2.45, 2.75) is 13.1 Å². The number of halogens is 1. The van der Waals surface area contributed by atoms with Crippen molar-refractivity contribution in [2.75, 3.05) is 13.2 Å². The number of para-hydroxylation sites is 1. The highest BCUT2D eigenvalue weighted by molar-refractivity contribution is 7.03. The van der Waals surface area contributed by atoms with Gasteiger partial charge in [-0.05, 0) is 46.7 Å². The number of rotatable bonds is 3. The Kier molecular flexibility index (Phi) is 4.36. The summed E-state index contributed by atoms with van der Waals surface area (Å²) in [5, 5.41) is 3.98. The molecule has 4 nitrogen and oxygen atoms in total. The highest BCUT2D eigenvalue weighted by Gasteiger charge is 2.20. The van der Waals surface area contributed by atoms with Crippen LogP contribution in [0.25, 0.3) is 16.6 Å². The van der Waals surface area contributed by atoms with Gasteiger partial charge in [-0.25, -0.2) is 4.37 Å². The highest BCUT2D eigenvalue weighted by atomic mass is 35.5. The molecule has 6 heteroatoms. The molecule has 0 spiro atoms. The molecule has 0 saturated heterocycles. The summed E-state index contributed by atoms with van der Waals surface area (Å²) >= 11 is 8.10. The normalized spacial score (nSPS) is 14.7. The van der Waals surface area contributed by atoms with Crippen LogP contribution in [0.5, 0.6) is 5.75 Å². The summed E-state index contributed by atoms with van der Waals surface area (Å²) in [6, 6.07) is 14.7. The zero-order valence-corrected chi connectivity index (χ0v) is 16.2. The van der Waals surface area contributed by atoms with Gasteiger partial charge in [0.1, 0.15) is 12.4 Å². The first-order chi connectivity index (χ1) is 13.3. The van der Waals surface area contributed by atoms with E-state index in [9.17, 15) is 0 Å². The van der Waals surface area contributed by atoms with Crippen LogP contribution in [0.4, 0.5) is 0 Å². The molecule has 5 rings (SSSR count). The number of ether oxygens (including phenoxy) is 1. The molecule has 1 aliphatic heterocycles. The van der Waals surface area contributed by atoms with Crippen LogP contribution in [-0.4, -0.2) is 27.0 Å². The molecule has 0 radical (unpaired) electrons. The molecule has 0 N–H and O–H groups in total. The van der Waals surface area contributed by atoms with E-state index in [0.29, 0.717) is 11.6 Å². The maximum absolute atomic E-state index is 6.61. The van der Waals surface area contributed by atoms with Crippen LogP contribution in [0.2, 0.25) is 5.02 Å². The fraction of sp³-hybridized carbons (Fsp3) is 0.190. The third kappa shape index (κ3) is 3.23. The quantitative estimate of drug-likeness (QED) is 0.481. The minimum absolute atomic E-state index is 0.635. The second-order valence-corrected chi connectivity index (χ2v) is 7.82. The lowest BCUT2D eigenvalue weighted by molar-refractivity contribution is 0.220. The molecule has 3 heterocycles. The van der Waals surface area contributed by atoms with E-state index in [4.69, 9.17) is 16.3 Å². The van der Waals surface area contributed by atoms with Crippen molar-refractivity contribution in [3.63, 3.8) is 0 Å². The van der Waals surface area contributed by atoms with E-state index in [1.54, 1.807) is 0 Å². The molecule has 1 aliphatic rings. The third-order valence-corrected chi connectivity index (χ3v) is 5.84. The molecule has 27 heavy (non-hydrogen) atoms. The smallest absolute Gasteiger partial charge is 0.142 e. The van der Waals surface area contributed by atoms with Gasteiger partial charge in [0.2, 0.25) is 0 Å². The zero-order chi connectivity index (χ0) is 18.2. The number of hydrogen-bond donors (Lipinski definition) is 0. The molecule has 136 valence electrons. The topological polar surface area (TPSA) is 30.3 Å². The molecule has 0 fully saturated rings. The van der Waals surface area contributed by atoms with Crippen molar-refractivity contribution in [1.82, 2.24) is 13.8 Å². The SMILES string of the molecule is Clc1cc(-n2ccc3ccccc32)cc2c1OCCN(Cc1cnsc1)C2. The summed E-state index contributed by atoms with van der Waals surface area (Å²) in [7, 11) is 0. The first-order valence-electron chi connectivity index (χ1n) is 8.90. The second kappa shape index (κ2) is 7.00. The average molecular weight is 396 g/mol. The molecule has 0 unspecified atom stereocenters. The lowest BCUT2D eigenvalue weighted by Crippen LogP contribution is -2.25. The molecular formula is C21H18ClN3OS. The van der Waals surface area contributed by atoms with Crippen molar-refractivity contribution in [1.29, 1.82) is 0 Å². The lowest BCUT2D eigenvalue weighted by atomic mass is 10.1. The molecule has 2 aromatic carbocycles. The van der Waals surface area contributed by atoms with E-state index in [1.807, 2.05) is 12.3 Å². The van der Waals surface area contributed by atoms with Gasteiger partial charge in [-0.1, -0.05) is 29.8 Å². The van der Waals surface area contributed by atoms with Crippen LogP contribution in [0.1, 0.15) is 11.1 Å². The largest absolute Gasteiger partial charge is 0.490 e. The molecule has 0 atom stereocenters. The standard InChI is InChI=1S/C21H18ClN3OS/c22-19-10-18(25-6-5-16-3-1-2-4-20(16)25)9-17-13-24(7-8-26-21(17)19)12-15-11-23-27-14-15/h1-6,9-11,14H,7-8,12-13H2. The number of benzene rings is 2. The molecule has 4 aromatic rings. The zero-order valence-electron chi connectivity index (χ0n) is 14.6. The molecular weight excluding hydrogens is 378 g/mol. The molecule has 0 saturated carbocycles. The van der Waals surface area contributed by atoms with Gasteiger partial charge in [0.05, 0.1) is 10.5 Å². The van der Waals surface area contributed by atoms with Gasteiger partial charge < -0.3 is 9.30 Å². The van der Waals surface area contributed by atoms with E-state index in [2.05, 4.69) is 61.8 Å². The van der Waals surface area contributed by atoms with Crippen LogP contribution in [0.3, 0.4) is 0 Å². The fourth-order valence-corrected chi connectivity index (χ4v) is 4.47. The summed E-state index contributed by atoms with van der Waals surface area (Å²) in [5.41, 5.74) is 4.59. The second-order valence-electron chi connectivity index (χ2n) is 6.75. The third-order valence-electron chi connectivity index (χ3n) is 4.92. The Bertz CT molecular complexity index is 1090. The van der Waals surface area contributed by atoms with Crippen LogP contribution < -0.4 is 4.74 Å². The van der Waals surface area contributed by atoms with E-state index in [1.165, 1.54) is 28.0 Å². The van der Waals surface area contributed by atoms with Gasteiger partial charge in [0.25, 0.3) is 0 Å². The average Bonchev–Trinajstić information content (AvgIpc) is 3.28. The van der Waals surface area contributed by atoms with Gasteiger partial charge in [-0.3, -0.25) is 4.90 Å². The van der Waals surface area contributed by atoms with Crippen LogP contribution in [0, 0.1) is 0 Å². The Labute approximate surface area is 166 Å². The van der Waals surface area contributed by atoms with Gasteiger partial charge in [0, 0.05) is 48.7 Å². The summed E-state index contributed by atoms with van der Waals surface area (Å²) < 4.78 is 12.4. The first kappa shape index (κ1) is 16.8. The number of nitrogens with zero attached hydrogens (tertiary/aromatic N) is 3. The predicted molar refractivity (Wildman–Crippen MR) is 110 cm³/mol. The molecule has 2 aromatic heterocycles. The Morgan fingerprint density at radius 3 is 3.00 bits per heavy atom. The van der Waals surface area contributed by atoms with E-state index in [0.717, 1.165) is 36.6 Å². The summed E-state index contributed by atoms with van der Waals surface area (Å²) in [4.78, 5) is 2.38. The van der Waals surface area contributed by atoms with Crippen molar-refractivity contribution in [3.8, 4) is 11.4 Å². The monoisotopic (exact) mass is 395 g/mol. The number of hydrogen-bond acceptors (Lipinski definition) is 4. The van der Waals surface area contributed by atoms with Crippen LogP contribution in [-0.2, 0) is 13.1 Å². The van der Waals surface area contributed by atoms with E-state index >= 15 is 0 Å². The molecule has 0 bridgehead atoms. The summed E-state index contributed by atoms with van der Waals surface area (Å²) in [6.07, 6.45) is 4.03. The highest BCUT2D eigenvalue weighted by Crippen LogP contribution is 2.35. The van der Waals surface area contributed by atoms with Crippen LogP contribution in [0.15, 0.2) is 60.2 Å². The Morgan fingerprint density at radius 1 is 1.19 bits per heavy atom. The number of fused-ring (bicyclic) bond motifs is 2. The molecule has 0 amide bonds. The van der Waals surface area contributed by atoms with Crippen molar-refractivity contribution >= 4 is 34.0 Å². The first-order valence-corrected chi connectivity index (χ1v) is 10.1. The minimum atomic E-state index is 0.635. The van der Waals surface area contributed by atoms with Crippen LogP contribution >= 0.6 is 23.1 Å². The Hall–Kier alpha value is -2.34. The Balaban J connectivity index is 1.53. The van der Waals surface area contributed by atoms with E-state index in [-0.39, 0.29) is 0 Å². The van der Waals surface area contributed by atoms with Gasteiger partial charge in [0.15, 0.2) is 0 Å². The van der Waals surface area contributed by atoms with Gasteiger partial charge >= 0.3 is 0 Å². The maximum Gasteiger partial charge on any atom is 0.142 e. The fourth-order valence-electron chi connectivity index (χ4n) is 3.66. The van der Waals surface area contributed by atoms with Crippen molar-refractivity contribution < 1.29 is 4.74 Å². The predicted octanol–water partition coefficient (Wildman–Crippen LogP) is 5.14. The van der Waals surface area contributed by atoms with Crippen molar-refractivity contribution in [2.24, 2.45) is 0 Å². The summed E-state index contributed by atoms with van der Waals surface area (Å²) in [5.74, 6) is 0.808. The number of aromatic nitrogens is 2. The Morgan fingerprint density at radius 2 is 2.11 bits per heavy atom. The lowest BCUT2D eigenvalue weighted by Gasteiger charge is -2.19. The maximum atomic E-state index is 6.61. The minimum Gasteiger partial charge on any atom is -0.490 e. The molecule has 0 aliphatic carbocycles. The van der Waals surface area contributed by atoms with Gasteiger partial charge in [-0.15, -0.1) is 0 Å². The van der Waals surface area contributed by atoms with E-state index < -0.39 is 0 Å². The summed E-state index contributed by atoms with van der Waals surface area (Å²) in [6.45, 7) is 3.17. The van der Waals surface area contributed by atoms with Crippen molar-refractivity contribution in [3.05, 3.63) is 76.4 Å².